The maximum absolute atomic E-state index is 12.1. The van der Waals surface area contributed by atoms with Gasteiger partial charge in [-0.15, -0.1) is 0 Å². The second-order valence-electron chi connectivity index (χ2n) is 5.45. The maximum Gasteiger partial charge on any atom is 0.271 e. The summed E-state index contributed by atoms with van der Waals surface area (Å²) in [5, 5.41) is 7.17. The molecule has 0 bridgehead atoms. The highest BCUT2D eigenvalue weighted by atomic mass is 16.5. The largest absolute Gasteiger partial charge is 0.372 e. The summed E-state index contributed by atoms with van der Waals surface area (Å²) in [6.07, 6.45) is 3.41. The van der Waals surface area contributed by atoms with Crippen molar-refractivity contribution >= 4 is 5.69 Å². The summed E-state index contributed by atoms with van der Waals surface area (Å²) in [4.78, 5) is 19.2. The van der Waals surface area contributed by atoms with Crippen LogP contribution >= 0.6 is 0 Å². The molecule has 3 rings (SSSR count). The summed E-state index contributed by atoms with van der Waals surface area (Å²) in [7, 11) is 0. The van der Waals surface area contributed by atoms with Crippen molar-refractivity contribution in [1.29, 1.82) is 0 Å². The van der Waals surface area contributed by atoms with Gasteiger partial charge in [-0.3, -0.25) is 9.78 Å². The Morgan fingerprint density at radius 3 is 2.78 bits per heavy atom. The Balaban J connectivity index is 1.94. The fourth-order valence-corrected chi connectivity index (χ4v) is 2.57. The molecule has 0 spiro atoms. The third kappa shape index (κ3) is 3.01. The quantitative estimate of drug-likeness (QED) is 0.773. The number of anilines is 1. The number of nitrogens with zero attached hydrogens (tertiary/aromatic N) is 2. The Bertz CT molecular complexity index is 848. The van der Waals surface area contributed by atoms with Gasteiger partial charge in [0.2, 0.25) is 0 Å². The van der Waals surface area contributed by atoms with Crippen molar-refractivity contribution in [3.8, 4) is 11.1 Å². The Labute approximate surface area is 133 Å². The second kappa shape index (κ2) is 6.08. The molecule has 0 amide bonds. The van der Waals surface area contributed by atoms with Gasteiger partial charge in [0.15, 0.2) is 0 Å². The standard InChI is InChI=1S/C17H18N4O2/c1-10(14-6-4-5-7-18-14)20-15-8-13(9-19-17(15)22)16-11(2)21-23-12(16)3/h4-10,20H,1-3H3,(H,19,22)/t10-/m0/s1. The summed E-state index contributed by atoms with van der Waals surface area (Å²) in [5.74, 6) is 0.721. The molecule has 3 aromatic heterocycles. The third-order valence-electron chi connectivity index (χ3n) is 3.73. The van der Waals surface area contributed by atoms with Gasteiger partial charge in [-0.25, -0.2) is 0 Å². The highest BCUT2D eigenvalue weighted by Crippen LogP contribution is 2.27. The topological polar surface area (TPSA) is 83.8 Å². The van der Waals surface area contributed by atoms with Crippen molar-refractivity contribution < 1.29 is 4.52 Å². The van der Waals surface area contributed by atoms with Crippen LogP contribution in [0.2, 0.25) is 0 Å². The molecule has 1 atom stereocenters. The van der Waals surface area contributed by atoms with E-state index in [-0.39, 0.29) is 11.6 Å². The van der Waals surface area contributed by atoms with Crippen LogP contribution in [0.25, 0.3) is 11.1 Å². The van der Waals surface area contributed by atoms with Crippen molar-refractivity contribution in [2.24, 2.45) is 0 Å². The van der Waals surface area contributed by atoms with E-state index in [1.54, 1.807) is 12.4 Å². The first-order valence-electron chi connectivity index (χ1n) is 7.39. The zero-order valence-corrected chi connectivity index (χ0v) is 13.3. The van der Waals surface area contributed by atoms with E-state index in [9.17, 15) is 4.79 Å². The summed E-state index contributed by atoms with van der Waals surface area (Å²) in [6.45, 7) is 5.69. The lowest BCUT2D eigenvalue weighted by Crippen LogP contribution is -2.17. The van der Waals surface area contributed by atoms with Crippen LogP contribution in [-0.2, 0) is 0 Å². The Kier molecular flexibility index (Phi) is 3.97. The smallest absolute Gasteiger partial charge is 0.271 e. The van der Waals surface area contributed by atoms with Gasteiger partial charge in [-0.05, 0) is 39.0 Å². The molecule has 0 aromatic carbocycles. The van der Waals surface area contributed by atoms with E-state index in [0.717, 1.165) is 28.3 Å². The number of hydrogen-bond acceptors (Lipinski definition) is 5. The minimum absolute atomic E-state index is 0.0859. The van der Waals surface area contributed by atoms with E-state index in [1.165, 1.54) is 0 Å². The maximum atomic E-state index is 12.1. The van der Waals surface area contributed by atoms with Gasteiger partial charge in [0, 0.05) is 23.5 Å². The molecule has 0 saturated heterocycles. The average molecular weight is 310 g/mol. The van der Waals surface area contributed by atoms with Crippen LogP contribution in [0.5, 0.6) is 0 Å². The van der Waals surface area contributed by atoms with Crippen LogP contribution in [0.1, 0.15) is 30.1 Å². The van der Waals surface area contributed by atoms with Gasteiger partial charge in [-0.2, -0.15) is 0 Å². The molecule has 0 fully saturated rings. The molecule has 0 aliphatic carbocycles. The van der Waals surface area contributed by atoms with Crippen molar-refractivity contribution in [3.63, 3.8) is 0 Å². The number of hydrogen-bond donors (Lipinski definition) is 2. The molecular weight excluding hydrogens is 292 g/mol. The predicted octanol–water partition coefficient (Wildman–Crippen LogP) is 3.21. The Hall–Kier alpha value is -2.89. The van der Waals surface area contributed by atoms with Gasteiger partial charge in [0.05, 0.1) is 17.4 Å². The predicted molar refractivity (Wildman–Crippen MR) is 88.3 cm³/mol. The molecule has 3 heterocycles. The first kappa shape index (κ1) is 15.0. The number of nitrogens with one attached hydrogen (secondary N) is 2. The van der Waals surface area contributed by atoms with Crippen molar-refractivity contribution in [1.82, 2.24) is 15.1 Å². The van der Waals surface area contributed by atoms with E-state index >= 15 is 0 Å². The average Bonchev–Trinajstić information content (AvgIpc) is 2.89. The summed E-state index contributed by atoms with van der Waals surface area (Å²) in [5.41, 5.74) is 3.73. The Morgan fingerprint density at radius 1 is 1.30 bits per heavy atom. The number of H-pyrrole nitrogens is 1. The van der Waals surface area contributed by atoms with E-state index < -0.39 is 0 Å². The fraction of sp³-hybridized carbons (Fsp3) is 0.235. The van der Waals surface area contributed by atoms with Gasteiger partial charge >= 0.3 is 0 Å². The van der Waals surface area contributed by atoms with Crippen LogP contribution in [0.3, 0.4) is 0 Å². The van der Waals surface area contributed by atoms with Gasteiger partial charge in [0.25, 0.3) is 5.56 Å². The van der Waals surface area contributed by atoms with Crippen LogP contribution < -0.4 is 10.9 Å². The number of aromatic amines is 1. The number of aryl methyl sites for hydroxylation is 2. The van der Waals surface area contributed by atoms with Crippen molar-refractivity contribution in [2.75, 3.05) is 5.32 Å². The molecule has 0 aliphatic heterocycles. The first-order valence-corrected chi connectivity index (χ1v) is 7.39. The first-order chi connectivity index (χ1) is 11.1. The lowest BCUT2D eigenvalue weighted by Gasteiger charge is -2.14. The fourth-order valence-electron chi connectivity index (χ4n) is 2.57. The molecule has 3 aromatic rings. The van der Waals surface area contributed by atoms with E-state index in [0.29, 0.717) is 5.69 Å². The molecule has 0 saturated carbocycles. The molecule has 0 unspecified atom stereocenters. The summed E-state index contributed by atoms with van der Waals surface area (Å²) < 4.78 is 5.20. The monoisotopic (exact) mass is 310 g/mol. The second-order valence-corrected chi connectivity index (χ2v) is 5.45. The molecule has 6 nitrogen and oxygen atoms in total. The van der Waals surface area contributed by atoms with E-state index in [4.69, 9.17) is 4.52 Å². The molecule has 6 heteroatoms. The van der Waals surface area contributed by atoms with Gasteiger partial charge in [-0.1, -0.05) is 11.2 Å². The minimum Gasteiger partial charge on any atom is -0.372 e. The third-order valence-corrected chi connectivity index (χ3v) is 3.73. The zero-order chi connectivity index (χ0) is 16.4. The lowest BCUT2D eigenvalue weighted by atomic mass is 10.1. The zero-order valence-electron chi connectivity index (χ0n) is 13.3. The van der Waals surface area contributed by atoms with E-state index in [1.807, 2.05) is 45.0 Å². The van der Waals surface area contributed by atoms with E-state index in [2.05, 4.69) is 20.4 Å². The Morgan fingerprint density at radius 2 is 2.13 bits per heavy atom. The molecule has 0 aliphatic rings. The minimum atomic E-state index is -0.178. The van der Waals surface area contributed by atoms with Gasteiger partial charge < -0.3 is 14.8 Å². The lowest BCUT2D eigenvalue weighted by molar-refractivity contribution is 0.393. The van der Waals surface area contributed by atoms with Crippen LogP contribution in [0.15, 0.2) is 46.0 Å². The molecular formula is C17H18N4O2. The number of pyridine rings is 2. The molecule has 0 radical (unpaired) electrons. The van der Waals surface area contributed by atoms with Crippen molar-refractivity contribution in [2.45, 2.75) is 26.8 Å². The number of rotatable bonds is 4. The highest BCUT2D eigenvalue weighted by molar-refractivity contribution is 5.70. The normalized spacial score (nSPS) is 12.1. The number of aromatic nitrogens is 3. The summed E-state index contributed by atoms with van der Waals surface area (Å²) in [6, 6.07) is 7.43. The summed E-state index contributed by atoms with van der Waals surface area (Å²) >= 11 is 0. The molecule has 23 heavy (non-hydrogen) atoms. The SMILES string of the molecule is Cc1noc(C)c1-c1c[nH]c(=O)c(N[C@@H](C)c2ccccn2)c1. The molecule has 2 N–H and O–H groups in total. The highest BCUT2D eigenvalue weighted by Gasteiger charge is 2.14. The van der Waals surface area contributed by atoms with Crippen LogP contribution in [-0.4, -0.2) is 15.1 Å². The van der Waals surface area contributed by atoms with Crippen molar-refractivity contribution in [3.05, 3.63) is 64.2 Å². The molecule has 118 valence electrons. The van der Waals surface area contributed by atoms with Gasteiger partial charge in [0.1, 0.15) is 11.4 Å². The van der Waals surface area contributed by atoms with Crippen LogP contribution in [0.4, 0.5) is 5.69 Å². The van der Waals surface area contributed by atoms with Crippen LogP contribution in [0, 0.1) is 13.8 Å².